The quantitative estimate of drug-likeness (QED) is 0.782. The molecule has 0 saturated heterocycles. The summed E-state index contributed by atoms with van der Waals surface area (Å²) in [7, 11) is 1.65. The molecule has 0 heterocycles. The van der Waals surface area contributed by atoms with E-state index in [1.54, 1.807) is 7.11 Å². The first kappa shape index (κ1) is 18.3. The summed E-state index contributed by atoms with van der Waals surface area (Å²) >= 11 is 0. The number of aryl methyl sites for hydroxylation is 1. The summed E-state index contributed by atoms with van der Waals surface area (Å²) in [6.07, 6.45) is -2.43. The van der Waals surface area contributed by atoms with Crippen molar-refractivity contribution in [3.05, 3.63) is 65.2 Å². The lowest BCUT2D eigenvalue weighted by molar-refractivity contribution is -0.137. The molecule has 0 saturated carbocycles. The average Bonchev–Trinajstić information content (AvgIpc) is 2.58. The van der Waals surface area contributed by atoms with E-state index in [1.807, 2.05) is 18.2 Å². The van der Waals surface area contributed by atoms with E-state index < -0.39 is 11.7 Å². The van der Waals surface area contributed by atoms with Gasteiger partial charge in [-0.2, -0.15) is 13.2 Å². The molecule has 0 aliphatic rings. The molecule has 0 aliphatic carbocycles. The fraction of sp³-hybridized carbons (Fsp3) is 0.368. The number of halogens is 3. The van der Waals surface area contributed by atoms with Crippen LogP contribution in [-0.4, -0.2) is 13.2 Å². The maximum absolute atomic E-state index is 12.5. The van der Waals surface area contributed by atoms with Crippen molar-refractivity contribution in [3.63, 3.8) is 0 Å². The first-order valence-electron chi connectivity index (χ1n) is 7.91. The number of alkyl halides is 3. The molecule has 0 spiro atoms. The molecule has 2 nitrogen and oxygen atoms in total. The number of methoxy groups -OCH3 is 1. The van der Waals surface area contributed by atoms with Gasteiger partial charge in [-0.25, -0.2) is 0 Å². The molecule has 0 aliphatic heterocycles. The third-order valence-electron chi connectivity index (χ3n) is 3.94. The highest BCUT2D eigenvalue weighted by atomic mass is 19.4. The fourth-order valence-corrected chi connectivity index (χ4v) is 2.42. The first-order chi connectivity index (χ1) is 11.4. The summed E-state index contributed by atoms with van der Waals surface area (Å²) in [5.74, 6) is 0.845. The molecule has 2 aromatic rings. The van der Waals surface area contributed by atoms with Crippen LogP contribution < -0.4 is 10.1 Å². The van der Waals surface area contributed by atoms with Gasteiger partial charge in [-0.3, -0.25) is 0 Å². The fourth-order valence-electron chi connectivity index (χ4n) is 2.42. The Morgan fingerprint density at radius 1 is 1.04 bits per heavy atom. The summed E-state index contributed by atoms with van der Waals surface area (Å²) < 4.78 is 42.8. The van der Waals surface area contributed by atoms with Crippen LogP contribution in [0.25, 0.3) is 0 Å². The summed E-state index contributed by atoms with van der Waals surface area (Å²) in [6.45, 7) is 2.63. The largest absolute Gasteiger partial charge is 0.497 e. The minimum Gasteiger partial charge on any atom is -0.497 e. The van der Waals surface area contributed by atoms with Crippen LogP contribution in [0.15, 0.2) is 48.5 Å². The number of hydrogen-bond acceptors (Lipinski definition) is 2. The van der Waals surface area contributed by atoms with E-state index in [-0.39, 0.29) is 6.04 Å². The van der Waals surface area contributed by atoms with Crippen molar-refractivity contribution in [1.82, 2.24) is 5.32 Å². The van der Waals surface area contributed by atoms with Crippen molar-refractivity contribution in [2.75, 3.05) is 7.11 Å². The summed E-state index contributed by atoms with van der Waals surface area (Å²) in [4.78, 5) is 0. The smallest absolute Gasteiger partial charge is 0.416 e. The Bertz CT molecular complexity index is 638. The van der Waals surface area contributed by atoms with Gasteiger partial charge in [0.05, 0.1) is 12.7 Å². The number of benzene rings is 2. The Hall–Kier alpha value is -2.01. The minimum atomic E-state index is -4.28. The molecule has 0 fully saturated rings. The monoisotopic (exact) mass is 337 g/mol. The predicted molar refractivity (Wildman–Crippen MR) is 89.1 cm³/mol. The SMILES string of the molecule is COc1cccc(CCC(C)NCc2ccc(C(F)(F)F)cc2)c1. The van der Waals surface area contributed by atoms with Gasteiger partial charge in [-0.15, -0.1) is 0 Å². The van der Waals surface area contributed by atoms with Gasteiger partial charge in [0.15, 0.2) is 0 Å². The Morgan fingerprint density at radius 2 is 1.75 bits per heavy atom. The highest BCUT2D eigenvalue weighted by molar-refractivity contribution is 5.28. The van der Waals surface area contributed by atoms with Crippen LogP contribution in [-0.2, 0) is 19.1 Å². The van der Waals surface area contributed by atoms with E-state index in [2.05, 4.69) is 18.3 Å². The Balaban J connectivity index is 1.79. The van der Waals surface area contributed by atoms with Crippen LogP contribution in [0.5, 0.6) is 5.75 Å². The molecule has 2 rings (SSSR count). The van der Waals surface area contributed by atoms with E-state index in [4.69, 9.17) is 4.74 Å². The summed E-state index contributed by atoms with van der Waals surface area (Å²) in [5, 5.41) is 3.34. The molecule has 130 valence electrons. The second-order valence-corrected chi connectivity index (χ2v) is 5.87. The van der Waals surface area contributed by atoms with Crippen LogP contribution >= 0.6 is 0 Å². The first-order valence-corrected chi connectivity index (χ1v) is 7.91. The van der Waals surface area contributed by atoms with E-state index in [0.717, 1.165) is 36.3 Å². The lowest BCUT2D eigenvalue weighted by Crippen LogP contribution is -2.26. The van der Waals surface area contributed by atoms with Crippen LogP contribution in [0.3, 0.4) is 0 Å². The summed E-state index contributed by atoms with van der Waals surface area (Å²) in [5.41, 5.74) is 1.44. The Labute approximate surface area is 140 Å². The molecule has 2 aromatic carbocycles. The van der Waals surface area contributed by atoms with Gasteiger partial charge in [0.25, 0.3) is 0 Å². The van der Waals surface area contributed by atoms with Gasteiger partial charge in [-0.1, -0.05) is 24.3 Å². The van der Waals surface area contributed by atoms with E-state index in [0.29, 0.717) is 6.54 Å². The van der Waals surface area contributed by atoms with E-state index in [1.165, 1.54) is 17.7 Å². The van der Waals surface area contributed by atoms with Crippen molar-refractivity contribution < 1.29 is 17.9 Å². The minimum absolute atomic E-state index is 0.262. The van der Waals surface area contributed by atoms with Crippen molar-refractivity contribution >= 4 is 0 Å². The Morgan fingerprint density at radius 3 is 2.38 bits per heavy atom. The number of ether oxygens (including phenoxy) is 1. The zero-order chi connectivity index (χ0) is 17.6. The van der Waals surface area contributed by atoms with E-state index >= 15 is 0 Å². The van der Waals surface area contributed by atoms with Crippen LogP contribution in [0, 0.1) is 0 Å². The number of hydrogen-bond donors (Lipinski definition) is 1. The van der Waals surface area contributed by atoms with Crippen molar-refractivity contribution in [3.8, 4) is 5.75 Å². The average molecular weight is 337 g/mol. The van der Waals surface area contributed by atoms with Gasteiger partial charge in [0.1, 0.15) is 5.75 Å². The normalized spacial score (nSPS) is 12.9. The Kier molecular flexibility index (Phi) is 6.26. The zero-order valence-electron chi connectivity index (χ0n) is 13.9. The molecule has 5 heteroatoms. The van der Waals surface area contributed by atoms with Crippen LogP contribution in [0.2, 0.25) is 0 Å². The maximum Gasteiger partial charge on any atom is 0.416 e. The topological polar surface area (TPSA) is 21.3 Å². The molecule has 0 radical (unpaired) electrons. The van der Waals surface area contributed by atoms with Gasteiger partial charge in [0.2, 0.25) is 0 Å². The molecule has 0 amide bonds. The van der Waals surface area contributed by atoms with Crippen molar-refractivity contribution in [1.29, 1.82) is 0 Å². The van der Waals surface area contributed by atoms with Crippen LogP contribution in [0.1, 0.15) is 30.0 Å². The lowest BCUT2D eigenvalue weighted by Gasteiger charge is -2.15. The maximum atomic E-state index is 12.5. The molecule has 1 atom stereocenters. The van der Waals surface area contributed by atoms with Crippen molar-refractivity contribution in [2.45, 2.75) is 38.5 Å². The second-order valence-electron chi connectivity index (χ2n) is 5.87. The number of rotatable bonds is 7. The predicted octanol–water partition coefficient (Wildman–Crippen LogP) is 4.82. The van der Waals surface area contributed by atoms with Gasteiger partial charge in [-0.05, 0) is 55.2 Å². The van der Waals surface area contributed by atoms with Crippen molar-refractivity contribution in [2.24, 2.45) is 0 Å². The summed E-state index contributed by atoms with van der Waals surface area (Å²) in [6, 6.07) is 13.5. The molecule has 1 unspecified atom stereocenters. The van der Waals surface area contributed by atoms with Crippen LogP contribution in [0.4, 0.5) is 13.2 Å². The van der Waals surface area contributed by atoms with E-state index in [9.17, 15) is 13.2 Å². The second kappa shape index (κ2) is 8.20. The standard InChI is InChI=1S/C19H22F3NO/c1-14(6-7-15-4-3-5-18(12-15)24-2)23-13-16-8-10-17(11-9-16)19(20,21)22/h3-5,8-12,14,23H,6-7,13H2,1-2H3. The lowest BCUT2D eigenvalue weighted by atomic mass is 10.1. The zero-order valence-corrected chi connectivity index (χ0v) is 13.9. The third kappa shape index (κ3) is 5.57. The highest BCUT2D eigenvalue weighted by Crippen LogP contribution is 2.29. The molecular weight excluding hydrogens is 315 g/mol. The third-order valence-corrected chi connectivity index (χ3v) is 3.94. The molecule has 0 bridgehead atoms. The molecular formula is C19H22F3NO. The molecule has 24 heavy (non-hydrogen) atoms. The highest BCUT2D eigenvalue weighted by Gasteiger charge is 2.29. The van der Waals surface area contributed by atoms with Gasteiger partial charge in [0, 0.05) is 12.6 Å². The molecule has 0 aromatic heterocycles. The number of nitrogens with one attached hydrogen (secondary N) is 1. The molecule has 1 N–H and O–H groups in total. The van der Waals surface area contributed by atoms with Gasteiger partial charge >= 0.3 is 6.18 Å². The van der Waals surface area contributed by atoms with Gasteiger partial charge < -0.3 is 10.1 Å².